The second kappa shape index (κ2) is 8.23. The van der Waals surface area contributed by atoms with E-state index in [4.69, 9.17) is 4.74 Å². The van der Waals surface area contributed by atoms with Crippen molar-refractivity contribution in [2.45, 2.75) is 32.1 Å². The molecule has 0 spiro atoms. The van der Waals surface area contributed by atoms with Gasteiger partial charge in [0.15, 0.2) is 0 Å². The Hall–Kier alpha value is -2.54. The van der Waals surface area contributed by atoms with Crippen LogP contribution in [0.3, 0.4) is 0 Å². The van der Waals surface area contributed by atoms with Crippen LogP contribution in [0.1, 0.15) is 34.8 Å². The van der Waals surface area contributed by atoms with Crippen LogP contribution in [0.15, 0.2) is 41.3 Å². The second-order valence-corrected chi connectivity index (χ2v) is 7.65. The van der Waals surface area contributed by atoms with Crippen LogP contribution >= 0.6 is 0 Å². The molecule has 140 valence electrons. The van der Waals surface area contributed by atoms with Gasteiger partial charge in [-0.3, -0.25) is 9.52 Å². The number of carbonyl (C=O) groups is 1. The number of amides is 1. The van der Waals surface area contributed by atoms with Crippen molar-refractivity contribution in [1.82, 2.24) is 5.32 Å². The maximum Gasteiger partial charge on any atom is 0.262 e. The molecule has 6 nitrogen and oxygen atoms in total. The molecule has 0 aliphatic rings. The number of nitrogens with one attached hydrogen (secondary N) is 2. The Kier molecular flexibility index (Phi) is 6.26. The lowest BCUT2D eigenvalue weighted by Crippen LogP contribution is -2.26. The van der Waals surface area contributed by atoms with E-state index in [1.54, 1.807) is 57.4 Å². The van der Waals surface area contributed by atoms with Gasteiger partial charge in [-0.15, -0.1) is 0 Å². The Morgan fingerprint density at radius 3 is 2.46 bits per heavy atom. The van der Waals surface area contributed by atoms with Gasteiger partial charge in [0.05, 0.1) is 23.3 Å². The topological polar surface area (TPSA) is 84.5 Å². The van der Waals surface area contributed by atoms with Gasteiger partial charge in [0.25, 0.3) is 15.9 Å². The number of hydrogen-bond acceptors (Lipinski definition) is 4. The number of carbonyl (C=O) groups excluding carboxylic acids is 1. The van der Waals surface area contributed by atoms with Crippen molar-refractivity contribution in [1.29, 1.82) is 0 Å². The lowest BCUT2D eigenvalue weighted by Gasteiger charge is -2.15. The summed E-state index contributed by atoms with van der Waals surface area (Å²) in [6.45, 7) is 5.96. The van der Waals surface area contributed by atoms with E-state index < -0.39 is 10.0 Å². The SMILES string of the molecule is CCCNC(=O)c1ccccc1NS(=O)(=O)c1cc(C)c(OC)cc1C. The summed E-state index contributed by atoms with van der Waals surface area (Å²) in [6.07, 6.45) is 0.796. The molecule has 0 heterocycles. The fourth-order valence-electron chi connectivity index (χ4n) is 2.58. The first kappa shape index (κ1) is 19.8. The van der Waals surface area contributed by atoms with Crippen LogP contribution in [0.4, 0.5) is 5.69 Å². The molecule has 0 saturated carbocycles. The van der Waals surface area contributed by atoms with Crippen molar-refractivity contribution in [3.05, 3.63) is 53.1 Å². The van der Waals surface area contributed by atoms with Gasteiger partial charge in [0.2, 0.25) is 0 Å². The van der Waals surface area contributed by atoms with Gasteiger partial charge in [0.1, 0.15) is 5.75 Å². The average Bonchev–Trinajstić information content (AvgIpc) is 2.61. The predicted octanol–water partition coefficient (Wildman–Crippen LogP) is 3.25. The van der Waals surface area contributed by atoms with Gasteiger partial charge in [-0.05, 0) is 55.7 Å². The smallest absolute Gasteiger partial charge is 0.262 e. The number of sulfonamides is 1. The number of ether oxygens (including phenoxy) is 1. The highest BCUT2D eigenvalue weighted by Gasteiger charge is 2.21. The quantitative estimate of drug-likeness (QED) is 0.777. The normalized spacial score (nSPS) is 11.1. The highest BCUT2D eigenvalue weighted by atomic mass is 32.2. The summed E-state index contributed by atoms with van der Waals surface area (Å²) in [7, 11) is -2.31. The number of rotatable bonds is 7. The second-order valence-electron chi connectivity index (χ2n) is 5.99. The Labute approximate surface area is 154 Å². The largest absolute Gasteiger partial charge is 0.496 e. The summed E-state index contributed by atoms with van der Waals surface area (Å²) >= 11 is 0. The Morgan fingerprint density at radius 2 is 1.81 bits per heavy atom. The lowest BCUT2D eigenvalue weighted by molar-refractivity contribution is 0.0954. The van der Waals surface area contributed by atoms with Gasteiger partial charge in [-0.1, -0.05) is 19.1 Å². The van der Waals surface area contributed by atoms with Gasteiger partial charge < -0.3 is 10.1 Å². The minimum atomic E-state index is -3.85. The minimum Gasteiger partial charge on any atom is -0.496 e. The predicted molar refractivity (Wildman–Crippen MR) is 102 cm³/mol. The summed E-state index contributed by atoms with van der Waals surface area (Å²) in [5, 5.41) is 2.76. The molecule has 0 aliphatic carbocycles. The molecule has 2 rings (SSSR count). The maximum absolute atomic E-state index is 12.9. The molecule has 1 amide bonds. The summed E-state index contributed by atoms with van der Waals surface area (Å²) < 4.78 is 33.5. The molecule has 0 atom stereocenters. The molecule has 0 aromatic heterocycles. The standard InChI is InChI=1S/C19H24N2O4S/c1-5-10-20-19(22)15-8-6-7-9-16(15)21-26(23,24)18-12-13(2)17(25-4)11-14(18)3/h6-9,11-12,21H,5,10H2,1-4H3,(H,20,22). The fourth-order valence-corrected chi connectivity index (χ4v) is 3.97. The molecular weight excluding hydrogens is 352 g/mol. The number of aryl methyl sites for hydroxylation is 2. The van der Waals surface area contributed by atoms with Crippen molar-refractivity contribution >= 4 is 21.6 Å². The zero-order valence-electron chi connectivity index (χ0n) is 15.4. The van der Waals surface area contributed by atoms with Crippen LogP contribution in [0.2, 0.25) is 0 Å². The first-order chi connectivity index (χ1) is 12.3. The van der Waals surface area contributed by atoms with Crippen molar-refractivity contribution in [2.24, 2.45) is 0 Å². The molecule has 2 aromatic carbocycles. The van der Waals surface area contributed by atoms with Crippen molar-refractivity contribution in [3.8, 4) is 5.75 Å². The monoisotopic (exact) mass is 376 g/mol. The third-order valence-electron chi connectivity index (χ3n) is 3.93. The van der Waals surface area contributed by atoms with E-state index in [0.29, 0.717) is 23.4 Å². The molecule has 2 aromatic rings. The molecule has 0 unspecified atom stereocenters. The third kappa shape index (κ3) is 4.35. The van der Waals surface area contributed by atoms with Crippen LogP contribution in [0, 0.1) is 13.8 Å². The van der Waals surface area contributed by atoms with Crippen molar-refractivity contribution in [3.63, 3.8) is 0 Å². The molecule has 2 N–H and O–H groups in total. The highest BCUT2D eigenvalue weighted by molar-refractivity contribution is 7.92. The first-order valence-electron chi connectivity index (χ1n) is 8.35. The van der Waals surface area contributed by atoms with Crippen LogP contribution < -0.4 is 14.8 Å². The van der Waals surface area contributed by atoms with Gasteiger partial charge in [-0.25, -0.2) is 8.42 Å². The summed E-state index contributed by atoms with van der Waals surface area (Å²) in [5.74, 6) is 0.313. The van der Waals surface area contributed by atoms with E-state index in [0.717, 1.165) is 6.42 Å². The summed E-state index contributed by atoms with van der Waals surface area (Å²) in [4.78, 5) is 12.4. The highest BCUT2D eigenvalue weighted by Crippen LogP contribution is 2.27. The van der Waals surface area contributed by atoms with E-state index in [1.165, 1.54) is 0 Å². The van der Waals surface area contributed by atoms with E-state index in [2.05, 4.69) is 10.0 Å². The van der Waals surface area contributed by atoms with Crippen molar-refractivity contribution in [2.75, 3.05) is 18.4 Å². The maximum atomic E-state index is 12.9. The fraction of sp³-hybridized carbons (Fsp3) is 0.316. The minimum absolute atomic E-state index is 0.152. The van der Waals surface area contributed by atoms with E-state index in [-0.39, 0.29) is 22.1 Å². The molecular formula is C19H24N2O4S. The van der Waals surface area contributed by atoms with Gasteiger partial charge >= 0.3 is 0 Å². The van der Waals surface area contributed by atoms with E-state index in [1.807, 2.05) is 6.92 Å². The molecule has 0 radical (unpaired) electrons. The average molecular weight is 376 g/mol. The van der Waals surface area contributed by atoms with Crippen LogP contribution in [-0.2, 0) is 10.0 Å². The number of hydrogen-bond donors (Lipinski definition) is 2. The third-order valence-corrected chi connectivity index (χ3v) is 5.44. The Morgan fingerprint density at radius 1 is 1.12 bits per heavy atom. The number of benzene rings is 2. The summed E-state index contributed by atoms with van der Waals surface area (Å²) in [6, 6.07) is 9.79. The molecule has 0 aliphatic heterocycles. The Bertz CT molecular complexity index is 908. The number of anilines is 1. The molecule has 0 fully saturated rings. The lowest BCUT2D eigenvalue weighted by atomic mass is 10.1. The number of methoxy groups -OCH3 is 1. The molecule has 0 saturated heterocycles. The Balaban J connectivity index is 2.39. The van der Waals surface area contributed by atoms with Crippen LogP contribution in [0.25, 0.3) is 0 Å². The molecule has 26 heavy (non-hydrogen) atoms. The van der Waals surface area contributed by atoms with Gasteiger partial charge in [0, 0.05) is 6.54 Å². The van der Waals surface area contributed by atoms with Gasteiger partial charge in [-0.2, -0.15) is 0 Å². The van der Waals surface area contributed by atoms with Crippen LogP contribution in [-0.4, -0.2) is 28.0 Å². The van der Waals surface area contributed by atoms with Crippen LogP contribution in [0.5, 0.6) is 5.75 Å². The number of para-hydroxylation sites is 1. The zero-order valence-corrected chi connectivity index (χ0v) is 16.2. The zero-order chi connectivity index (χ0) is 19.3. The molecule has 0 bridgehead atoms. The van der Waals surface area contributed by atoms with E-state index in [9.17, 15) is 13.2 Å². The molecule has 7 heteroatoms. The van der Waals surface area contributed by atoms with Crippen molar-refractivity contribution < 1.29 is 17.9 Å². The first-order valence-corrected chi connectivity index (χ1v) is 9.83. The summed E-state index contributed by atoms with van der Waals surface area (Å²) in [5.41, 5.74) is 1.81. The van der Waals surface area contributed by atoms with E-state index >= 15 is 0 Å².